The fourth-order valence-corrected chi connectivity index (χ4v) is 3.60. The van der Waals surface area contributed by atoms with Gasteiger partial charge in [0.1, 0.15) is 5.82 Å². The molecule has 1 N–H and O–H groups in total. The van der Waals surface area contributed by atoms with E-state index in [1.54, 1.807) is 17.0 Å². The van der Waals surface area contributed by atoms with Crippen molar-refractivity contribution >= 4 is 11.7 Å². The van der Waals surface area contributed by atoms with Gasteiger partial charge in [-0.3, -0.25) is 4.90 Å². The van der Waals surface area contributed by atoms with E-state index in [2.05, 4.69) is 10.2 Å². The van der Waals surface area contributed by atoms with Crippen molar-refractivity contribution < 1.29 is 18.7 Å². The maximum absolute atomic E-state index is 12.9. The number of rotatable bonds is 2. The first-order valence-corrected chi connectivity index (χ1v) is 8.47. The highest BCUT2D eigenvalue weighted by molar-refractivity contribution is 5.89. The molecule has 6 nitrogen and oxygen atoms in total. The Kier molecular flexibility index (Phi) is 4.15. The number of urea groups is 1. The lowest BCUT2D eigenvalue weighted by molar-refractivity contribution is -0.190. The summed E-state index contributed by atoms with van der Waals surface area (Å²) in [7, 11) is 0. The summed E-state index contributed by atoms with van der Waals surface area (Å²) in [6.45, 7) is 4.72. The Balaban J connectivity index is 1.23. The van der Waals surface area contributed by atoms with Crippen molar-refractivity contribution in [2.24, 2.45) is 0 Å². The van der Waals surface area contributed by atoms with Crippen LogP contribution in [0, 0.1) is 5.82 Å². The summed E-state index contributed by atoms with van der Waals surface area (Å²) < 4.78 is 24.4. The molecule has 2 amide bonds. The van der Waals surface area contributed by atoms with Crippen LogP contribution in [-0.2, 0) is 9.47 Å². The fourth-order valence-electron chi connectivity index (χ4n) is 3.60. The molecule has 24 heavy (non-hydrogen) atoms. The molecule has 1 aromatic rings. The van der Waals surface area contributed by atoms with E-state index in [-0.39, 0.29) is 17.6 Å². The number of piperidine rings is 1. The maximum Gasteiger partial charge on any atom is 0.321 e. The molecule has 1 aromatic carbocycles. The largest absolute Gasteiger partial charge is 0.347 e. The van der Waals surface area contributed by atoms with Crippen LogP contribution in [0.3, 0.4) is 0 Å². The first kappa shape index (κ1) is 15.8. The Morgan fingerprint density at radius 1 is 1.12 bits per heavy atom. The molecular formula is C17H22FN3O3. The van der Waals surface area contributed by atoms with Gasteiger partial charge in [-0.2, -0.15) is 0 Å². The zero-order valence-corrected chi connectivity index (χ0v) is 13.5. The van der Waals surface area contributed by atoms with E-state index in [1.165, 1.54) is 12.1 Å². The lowest BCUT2D eigenvalue weighted by Gasteiger charge is -2.48. The predicted octanol–water partition coefficient (Wildman–Crippen LogP) is 1.88. The number of amides is 2. The molecule has 0 aromatic heterocycles. The number of carbonyl (C=O) groups is 1. The smallest absolute Gasteiger partial charge is 0.321 e. The van der Waals surface area contributed by atoms with Crippen molar-refractivity contribution in [3.63, 3.8) is 0 Å². The van der Waals surface area contributed by atoms with Crippen molar-refractivity contribution in [3.8, 4) is 0 Å². The van der Waals surface area contributed by atoms with Crippen molar-refractivity contribution in [2.75, 3.05) is 44.7 Å². The number of anilines is 1. The van der Waals surface area contributed by atoms with E-state index in [0.29, 0.717) is 24.9 Å². The Hall–Kier alpha value is -1.70. The van der Waals surface area contributed by atoms with Crippen LogP contribution in [0.1, 0.15) is 12.8 Å². The molecule has 0 atom stereocenters. The average molecular weight is 335 g/mol. The molecule has 3 aliphatic rings. The van der Waals surface area contributed by atoms with E-state index in [1.807, 2.05) is 0 Å². The van der Waals surface area contributed by atoms with Crippen LogP contribution < -0.4 is 5.32 Å². The van der Waals surface area contributed by atoms with Crippen LogP contribution in [0.25, 0.3) is 0 Å². The quantitative estimate of drug-likeness (QED) is 0.897. The first-order chi connectivity index (χ1) is 11.6. The second-order valence-electron chi connectivity index (χ2n) is 6.64. The number of hydrogen-bond acceptors (Lipinski definition) is 4. The van der Waals surface area contributed by atoms with Crippen molar-refractivity contribution in [1.82, 2.24) is 9.80 Å². The minimum atomic E-state index is -0.347. The zero-order chi connectivity index (χ0) is 16.6. The third kappa shape index (κ3) is 3.11. The van der Waals surface area contributed by atoms with Gasteiger partial charge in [0.05, 0.1) is 13.2 Å². The molecule has 0 unspecified atom stereocenters. The summed E-state index contributed by atoms with van der Waals surface area (Å²) in [4.78, 5) is 16.4. The van der Waals surface area contributed by atoms with Gasteiger partial charge in [-0.15, -0.1) is 0 Å². The molecule has 0 saturated carbocycles. The molecule has 0 aliphatic carbocycles. The fraction of sp³-hybridized carbons (Fsp3) is 0.588. The summed E-state index contributed by atoms with van der Waals surface area (Å²) in [5.41, 5.74) is 0.611. The lowest BCUT2D eigenvalue weighted by atomic mass is 9.99. The Bertz CT molecular complexity index is 588. The second kappa shape index (κ2) is 6.31. The minimum absolute atomic E-state index is 0.131. The standard InChI is InChI=1S/C17H22FN3O3/c18-13-1-3-14(4-2-13)19-16(22)21-11-15(12-21)20-7-5-17(6-8-20)23-9-10-24-17/h1-4,15H,5-12H2,(H,19,22). The van der Waals surface area contributed by atoms with Gasteiger partial charge in [0, 0.05) is 50.7 Å². The van der Waals surface area contributed by atoms with E-state index in [9.17, 15) is 9.18 Å². The molecule has 3 fully saturated rings. The third-order valence-corrected chi connectivity index (χ3v) is 5.13. The summed E-state index contributed by atoms with van der Waals surface area (Å²) in [5.74, 6) is -0.657. The van der Waals surface area contributed by atoms with Crippen LogP contribution in [-0.4, -0.2) is 67.1 Å². The van der Waals surface area contributed by atoms with Gasteiger partial charge in [-0.1, -0.05) is 0 Å². The molecule has 0 radical (unpaired) electrons. The van der Waals surface area contributed by atoms with Crippen molar-refractivity contribution in [3.05, 3.63) is 30.1 Å². The Morgan fingerprint density at radius 3 is 2.38 bits per heavy atom. The van der Waals surface area contributed by atoms with Crippen LogP contribution in [0.15, 0.2) is 24.3 Å². The second-order valence-corrected chi connectivity index (χ2v) is 6.64. The number of carbonyl (C=O) groups excluding carboxylic acids is 1. The summed E-state index contributed by atoms with van der Waals surface area (Å²) in [6, 6.07) is 6.08. The average Bonchev–Trinajstić information content (AvgIpc) is 2.98. The number of hydrogen-bond donors (Lipinski definition) is 1. The lowest BCUT2D eigenvalue weighted by Crippen LogP contribution is -2.64. The van der Waals surface area contributed by atoms with E-state index in [4.69, 9.17) is 9.47 Å². The maximum atomic E-state index is 12.9. The number of nitrogens with zero attached hydrogens (tertiary/aromatic N) is 2. The van der Waals surface area contributed by atoms with E-state index >= 15 is 0 Å². The predicted molar refractivity (Wildman–Crippen MR) is 86.2 cm³/mol. The molecule has 3 saturated heterocycles. The highest BCUT2D eigenvalue weighted by Gasteiger charge is 2.43. The van der Waals surface area contributed by atoms with E-state index in [0.717, 1.165) is 39.0 Å². The zero-order valence-electron chi connectivity index (χ0n) is 13.5. The van der Waals surface area contributed by atoms with Gasteiger partial charge in [0.25, 0.3) is 0 Å². The molecule has 130 valence electrons. The summed E-state index contributed by atoms with van der Waals surface area (Å²) >= 11 is 0. The number of ether oxygens (including phenoxy) is 2. The van der Waals surface area contributed by atoms with Crippen LogP contribution in [0.2, 0.25) is 0 Å². The summed E-state index contributed by atoms with van der Waals surface area (Å²) in [6.07, 6.45) is 1.79. The molecule has 0 bridgehead atoms. The number of benzene rings is 1. The highest BCUT2D eigenvalue weighted by atomic mass is 19.1. The van der Waals surface area contributed by atoms with Crippen LogP contribution in [0.4, 0.5) is 14.9 Å². The van der Waals surface area contributed by atoms with Gasteiger partial charge in [-0.05, 0) is 24.3 Å². The normalized spacial score (nSPS) is 24.1. The SMILES string of the molecule is O=C(Nc1ccc(F)cc1)N1CC(N2CCC3(CC2)OCCO3)C1. The first-order valence-electron chi connectivity index (χ1n) is 8.47. The van der Waals surface area contributed by atoms with Gasteiger partial charge in [-0.25, -0.2) is 9.18 Å². The van der Waals surface area contributed by atoms with Gasteiger partial charge >= 0.3 is 6.03 Å². The van der Waals surface area contributed by atoms with Crippen molar-refractivity contribution in [2.45, 2.75) is 24.7 Å². The number of halogens is 1. The van der Waals surface area contributed by atoms with Crippen LogP contribution in [0.5, 0.6) is 0 Å². The van der Waals surface area contributed by atoms with Crippen molar-refractivity contribution in [1.29, 1.82) is 0 Å². The Morgan fingerprint density at radius 2 is 1.75 bits per heavy atom. The number of likely N-dealkylation sites (tertiary alicyclic amines) is 2. The van der Waals surface area contributed by atoms with Gasteiger partial charge in [0.15, 0.2) is 5.79 Å². The molecule has 4 rings (SSSR count). The number of nitrogens with one attached hydrogen (secondary N) is 1. The third-order valence-electron chi connectivity index (χ3n) is 5.13. The highest BCUT2D eigenvalue weighted by Crippen LogP contribution is 2.33. The van der Waals surface area contributed by atoms with E-state index < -0.39 is 0 Å². The van der Waals surface area contributed by atoms with Gasteiger partial charge in [0.2, 0.25) is 0 Å². The molecule has 1 spiro atoms. The molecule has 7 heteroatoms. The monoisotopic (exact) mass is 335 g/mol. The minimum Gasteiger partial charge on any atom is -0.347 e. The Labute approximate surface area is 140 Å². The molecule has 3 heterocycles. The topological polar surface area (TPSA) is 54.0 Å². The summed E-state index contributed by atoms with van der Waals surface area (Å²) in [5, 5.41) is 2.80. The molecule has 3 aliphatic heterocycles. The molecular weight excluding hydrogens is 313 g/mol. The van der Waals surface area contributed by atoms with Crippen LogP contribution >= 0.6 is 0 Å². The van der Waals surface area contributed by atoms with Gasteiger partial charge < -0.3 is 19.7 Å².